The van der Waals surface area contributed by atoms with Crippen LogP contribution >= 0.6 is 11.5 Å². The van der Waals surface area contributed by atoms with E-state index in [0.29, 0.717) is 0 Å². The first kappa shape index (κ1) is 12.9. The number of nitrogens with zero attached hydrogens (tertiary/aromatic N) is 2. The van der Waals surface area contributed by atoms with Crippen LogP contribution in [0, 0.1) is 0 Å². The second-order valence-corrected chi connectivity index (χ2v) is 5.75. The number of fused-ring (bicyclic) bond motifs is 1. The quantitative estimate of drug-likeness (QED) is 0.785. The van der Waals surface area contributed by atoms with E-state index < -0.39 is 0 Å². The molecule has 0 aliphatic rings. The first-order valence-corrected chi connectivity index (χ1v) is 7.36. The number of anilines is 2. The van der Waals surface area contributed by atoms with Gasteiger partial charge in [-0.2, -0.15) is 4.37 Å². The Bertz CT molecular complexity index is 701. The van der Waals surface area contributed by atoms with Crippen molar-refractivity contribution in [3.63, 3.8) is 0 Å². The second kappa shape index (κ2) is 5.51. The molecule has 4 heteroatoms. The minimum absolute atomic E-state index is 0.793. The third-order valence-corrected chi connectivity index (χ3v) is 4.12. The Morgan fingerprint density at radius 3 is 2.55 bits per heavy atom. The van der Waals surface area contributed by atoms with Crippen molar-refractivity contribution in [2.24, 2.45) is 0 Å². The Morgan fingerprint density at radius 1 is 1.05 bits per heavy atom. The lowest BCUT2D eigenvalue weighted by atomic mass is 10.2. The topological polar surface area (TPSA) is 28.2 Å². The molecule has 0 radical (unpaired) electrons. The molecule has 0 fully saturated rings. The molecule has 3 rings (SSSR count). The van der Waals surface area contributed by atoms with Gasteiger partial charge in [0.1, 0.15) is 5.82 Å². The molecule has 0 saturated heterocycles. The fourth-order valence-corrected chi connectivity index (χ4v) is 2.87. The van der Waals surface area contributed by atoms with Crippen molar-refractivity contribution in [2.45, 2.75) is 6.54 Å². The van der Waals surface area contributed by atoms with Gasteiger partial charge in [-0.15, -0.1) is 0 Å². The van der Waals surface area contributed by atoms with Gasteiger partial charge in [-0.25, -0.2) is 0 Å². The fraction of sp³-hybridized carbons (Fsp3) is 0.188. The summed E-state index contributed by atoms with van der Waals surface area (Å²) in [6, 6.07) is 16.9. The SMILES string of the molecule is CN(C)c1ccc(CNc2nsc3ccccc23)cc1. The van der Waals surface area contributed by atoms with Crippen LogP contribution in [0.5, 0.6) is 0 Å². The van der Waals surface area contributed by atoms with Gasteiger partial charge in [0.15, 0.2) is 0 Å². The fourth-order valence-electron chi connectivity index (χ4n) is 2.11. The van der Waals surface area contributed by atoms with Crippen molar-refractivity contribution in [3.8, 4) is 0 Å². The number of hydrogen-bond donors (Lipinski definition) is 1. The Labute approximate surface area is 123 Å². The van der Waals surface area contributed by atoms with E-state index in [2.05, 4.69) is 65.1 Å². The van der Waals surface area contributed by atoms with Crippen LogP contribution in [-0.4, -0.2) is 18.5 Å². The molecule has 0 unspecified atom stereocenters. The van der Waals surface area contributed by atoms with Crippen LogP contribution in [-0.2, 0) is 6.54 Å². The third kappa shape index (κ3) is 2.60. The van der Waals surface area contributed by atoms with Crippen molar-refractivity contribution < 1.29 is 0 Å². The number of benzene rings is 2. The van der Waals surface area contributed by atoms with Gasteiger partial charge in [0.25, 0.3) is 0 Å². The molecule has 20 heavy (non-hydrogen) atoms. The zero-order valence-corrected chi connectivity index (χ0v) is 12.4. The van der Waals surface area contributed by atoms with Crippen LogP contribution in [0.3, 0.4) is 0 Å². The summed E-state index contributed by atoms with van der Waals surface area (Å²) >= 11 is 1.54. The normalized spacial score (nSPS) is 10.7. The molecule has 3 aromatic rings. The van der Waals surface area contributed by atoms with Gasteiger partial charge in [0.05, 0.1) is 4.70 Å². The van der Waals surface area contributed by atoms with E-state index in [4.69, 9.17) is 0 Å². The molecule has 0 amide bonds. The van der Waals surface area contributed by atoms with Crippen molar-refractivity contribution in [1.82, 2.24) is 4.37 Å². The maximum Gasteiger partial charge on any atom is 0.147 e. The summed E-state index contributed by atoms with van der Waals surface area (Å²) in [5.41, 5.74) is 2.47. The van der Waals surface area contributed by atoms with Crippen LogP contribution in [0.15, 0.2) is 48.5 Å². The summed E-state index contributed by atoms with van der Waals surface area (Å²) < 4.78 is 5.70. The van der Waals surface area contributed by atoms with E-state index in [1.807, 2.05) is 12.1 Å². The van der Waals surface area contributed by atoms with E-state index >= 15 is 0 Å². The van der Waals surface area contributed by atoms with Gasteiger partial charge in [0.2, 0.25) is 0 Å². The van der Waals surface area contributed by atoms with Gasteiger partial charge in [-0.3, -0.25) is 0 Å². The molecule has 3 nitrogen and oxygen atoms in total. The molecular formula is C16H17N3S. The first-order chi connectivity index (χ1) is 9.74. The predicted octanol–water partition coefficient (Wildman–Crippen LogP) is 3.97. The molecule has 102 valence electrons. The molecular weight excluding hydrogens is 266 g/mol. The molecule has 1 N–H and O–H groups in total. The van der Waals surface area contributed by atoms with Gasteiger partial charge in [-0.05, 0) is 41.4 Å². The van der Waals surface area contributed by atoms with E-state index in [1.165, 1.54) is 32.9 Å². The van der Waals surface area contributed by atoms with E-state index in [0.717, 1.165) is 12.4 Å². The average Bonchev–Trinajstić information content (AvgIpc) is 2.89. The molecule has 1 heterocycles. The smallest absolute Gasteiger partial charge is 0.147 e. The maximum atomic E-state index is 4.48. The molecule has 2 aromatic carbocycles. The van der Waals surface area contributed by atoms with E-state index in [9.17, 15) is 0 Å². The van der Waals surface area contributed by atoms with Crippen molar-refractivity contribution >= 4 is 33.1 Å². The van der Waals surface area contributed by atoms with Crippen molar-refractivity contribution in [1.29, 1.82) is 0 Å². The van der Waals surface area contributed by atoms with Crippen LogP contribution in [0.4, 0.5) is 11.5 Å². The van der Waals surface area contributed by atoms with Crippen LogP contribution < -0.4 is 10.2 Å². The van der Waals surface area contributed by atoms with E-state index in [1.54, 1.807) is 0 Å². The summed E-state index contributed by atoms with van der Waals surface area (Å²) in [6.45, 7) is 0.793. The standard InChI is InChI=1S/C16H17N3S/c1-19(2)13-9-7-12(8-10-13)11-17-16-14-5-3-4-6-15(14)20-18-16/h3-10H,11H2,1-2H3,(H,17,18). The average molecular weight is 283 g/mol. The number of nitrogens with one attached hydrogen (secondary N) is 1. The van der Waals surface area contributed by atoms with Crippen LogP contribution in [0.25, 0.3) is 10.1 Å². The third-order valence-electron chi connectivity index (χ3n) is 3.29. The summed E-state index contributed by atoms with van der Waals surface area (Å²) in [5, 5.41) is 4.62. The lowest BCUT2D eigenvalue weighted by Crippen LogP contribution is -2.08. The highest BCUT2D eigenvalue weighted by Crippen LogP contribution is 2.26. The Morgan fingerprint density at radius 2 is 1.80 bits per heavy atom. The van der Waals surface area contributed by atoms with Gasteiger partial charge in [0, 0.05) is 31.7 Å². The van der Waals surface area contributed by atoms with Crippen molar-refractivity contribution in [3.05, 3.63) is 54.1 Å². The van der Waals surface area contributed by atoms with Gasteiger partial charge < -0.3 is 10.2 Å². The highest BCUT2D eigenvalue weighted by atomic mass is 32.1. The Kier molecular flexibility index (Phi) is 3.56. The highest BCUT2D eigenvalue weighted by molar-refractivity contribution is 7.13. The minimum atomic E-state index is 0.793. The predicted molar refractivity (Wildman–Crippen MR) is 87.7 cm³/mol. The summed E-state index contributed by atoms with van der Waals surface area (Å²) in [4.78, 5) is 2.10. The van der Waals surface area contributed by atoms with Crippen LogP contribution in [0.1, 0.15) is 5.56 Å². The molecule has 1 aromatic heterocycles. The zero-order chi connectivity index (χ0) is 13.9. The number of rotatable bonds is 4. The molecule has 0 saturated carbocycles. The number of aromatic nitrogens is 1. The van der Waals surface area contributed by atoms with E-state index in [-0.39, 0.29) is 0 Å². The molecule has 0 atom stereocenters. The minimum Gasteiger partial charge on any atom is -0.378 e. The number of hydrogen-bond acceptors (Lipinski definition) is 4. The first-order valence-electron chi connectivity index (χ1n) is 6.58. The summed E-state index contributed by atoms with van der Waals surface area (Å²) in [5.74, 6) is 0.974. The molecule has 0 aliphatic heterocycles. The summed E-state index contributed by atoms with van der Waals surface area (Å²) in [6.07, 6.45) is 0. The summed E-state index contributed by atoms with van der Waals surface area (Å²) in [7, 11) is 4.10. The molecule has 0 spiro atoms. The van der Waals surface area contributed by atoms with Crippen molar-refractivity contribution in [2.75, 3.05) is 24.3 Å². The largest absolute Gasteiger partial charge is 0.378 e. The lowest BCUT2D eigenvalue weighted by molar-refractivity contribution is 1.11. The molecule has 0 aliphatic carbocycles. The Balaban J connectivity index is 1.73. The second-order valence-electron chi connectivity index (χ2n) is 4.94. The lowest BCUT2D eigenvalue weighted by Gasteiger charge is -2.12. The van der Waals surface area contributed by atoms with Crippen LogP contribution in [0.2, 0.25) is 0 Å². The van der Waals surface area contributed by atoms with Gasteiger partial charge in [-0.1, -0.05) is 24.3 Å². The zero-order valence-electron chi connectivity index (χ0n) is 11.6. The van der Waals surface area contributed by atoms with Gasteiger partial charge >= 0.3 is 0 Å². The Hall–Kier alpha value is -2.07. The maximum absolute atomic E-state index is 4.48. The monoisotopic (exact) mass is 283 g/mol. The molecule has 0 bridgehead atoms. The highest BCUT2D eigenvalue weighted by Gasteiger charge is 2.04.